The highest BCUT2D eigenvalue weighted by molar-refractivity contribution is 7.47. The number of esters is 2. The summed E-state index contributed by atoms with van der Waals surface area (Å²) in [6.07, 6.45) is 36.0. The maximum atomic E-state index is 12.7. The van der Waals surface area contributed by atoms with Gasteiger partial charge in [-0.1, -0.05) is 154 Å². The van der Waals surface area contributed by atoms with E-state index < -0.39 is 66.2 Å². The van der Waals surface area contributed by atoms with Gasteiger partial charge >= 0.3 is 27.6 Å². The van der Waals surface area contributed by atoms with Crippen LogP contribution in [0.15, 0.2) is 36.5 Å². The molecule has 1 aliphatic rings. The Bertz CT molecular complexity index is 1300. The Morgan fingerprint density at radius 2 is 1.11 bits per heavy atom. The molecule has 0 radical (unpaired) electrons. The van der Waals surface area contributed by atoms with Crippen molar-refractivity contribution >= 4 is 27.6 Å². The molecule has 0 saturated carbocycles. The van der Waals surface area contributed by atoms with E-state index in [4.69, 9.17) is 28.5 Å². The first-order valence-corrected chi connectivity index (χ1v) is 26.2. The largest absolute Gasteiger partial charge is 0.472 e. The average molecular weight is 909 g/mol. The summed E-state index contributed by atoms with van der Waals surface area (Å²) in [5.74, 6) is -0.301. The number of phosphoric ester groups is 2. The molecule has 1 rings (SSSR count). The highest BCUT2D eigenvalue weighted by atomic mass is 31.2. The zero-order valence-corrected chi connectivity index (χ0v) is 39.4. The predicted octanol–water partition coefficient (Wildman–Crippen LogP) is 10.9. The molecule has 0 aromatic rings. The fourth-order valence-corrected chi connectivity index (χ4v) is 7.61. The van der Waals surface area contributed by atoms with Crippen molar-refractivity contribution < 1.29 is 66.3 Å². The summed E-state index contributed by atoms with van der Waals surface area (Å²) >= 11 is 0. The van der Waals surface area contributed by atoms with Crippen LogP contribution >= 0.6 is 15.6 Å². The molecule has 0 spiro atoms. The molecule has 1 heterocycles. The number of aliphatic hydroxyl groups excluding tert-OH is 1. The lowest BCUT2D eigenvalue weighted by Crippen LogP contribution is -2.30. The molecule has 0 aromatic carbocycles. The maximum absolute atomic E-state index is 12.7. The zero-order valence-electron chi connectivity index (χ0n) is 37.6. The van der Waals surface area contributed by atoms with Gasteiger partial charge in [-0.15, -0.1) is 0 Å². The number of epoxide rings is 1. The van der Waals surface area contributed by atoms with Crippen molar-refractivity contribution in [1.29, 1.82) is 0 Å². The predicted molar refractivity (Wildman–Crippen MR) is 239 cm³/mol. The number of aliphatic hydroxyl groups is 1. The molecule has 0 aliphatic carbocycles. The lowest BCUT2D eigenvalue weighted by molar-refractivity contribution is -0.161. The summed E-state index contributed by atoms with van der Waals surface area (Å²) in [6, 6.07) is 0. The van der Waals surface area contributed by atoms with E-state index in [1.807, 2.05) is 12.2 Å². The zero-order chi connectivity index (χ0) is 45.0. The minimum atomic E-state index is -4.87. The number of hydrogen-bond donors (Lipinski definition) is 4. The van der Waals surface area contributed by atoms with Gasteiger partial charge in [0.2, 0.25) is 0 Å². The molecule has 5 atom stereocenters. The number of carbonyl (C=O) groups is 2. The van der Waals surface area contributed by atoms with Crippen molar-refractivity contribution in [2.24, 2.45) is 5.92 Å². The quantitative estimate of drug-likeness (QED) is 0.0148. The Morgan fingerprint density at radius 1 is 0.607 bits per heavy atom. The normalized spacial score (nSPS) is 17.7. The smallest absolute Gasteiger partial charge is 0.462 e. The summed E-state index contributed by atoms with van der Waals surface area (Å²) in [5.41, 5.74) is 0. The van der Waals surface area contributed by atoms with Gasteiger partial charge in [-0.2, -0.15) is 0 Å². The van der Waals surface area contributed by atoms with Gasteiger partial charge in [0.25, 0.3) is 0 Å². The van der Waals surface area contributed by atoms with E-state index in [-0.39, 0.29) is 12.8 Å². The van der Waals surface area contributed by atoms with Gasteiger partial charge in [-0.3, -0.25) is 23.2 Å². The van der Waals surface area contributed by atoms with Gasteiger partial charge in [0, 0.05) is 12.8 Å². The topological polar surface area (TPSA) is 208 Å². The van der Waals surface area contributed by atoms with Crippen LogP contribution in [0.1, 0.15) is 181 Å². The molecule has 1 fully saturated rings. The van der Waals surface area contributed by atoms with Gasteiger partial charge in [0.05, 0.1) is 32.0 Å². The number of unbranched alkanes of at least 4 members (excludes halogenated alkanes) is 16. The SMILES string of the molecule is CCCCC/C=C\CC1OC1C/C=C\C/C=C\CCCC(=O)OC[C@H](COP(=O)(O)OC[C@@H](O)COP(=O)(O)O)OC(=O)CCCCCCCCCCCCCCCC(C)C. The Morgan fingerprint density at radius 3 is 1.72 bits per heavy atom. The molecule has 4 N–H and O–H groups in total. The number of phosphoric acid groups is 2. The van der Waals surface area contributed by atoms with Crippen molar-refractivity contribution in [2.75, 3.05) is 26.4 Å². The van der Waals surface area contributed by atoms with E-state index in [9.17, 15) is 28.7 Å². The van der Waals surface area contributed by atoms with Gasteiger partial charge in [0.15, 0.2) is 6.10 Å². The minimum Gasteiger partial charge on any atom is -0.462 e. The number of carbonyl (C=O) groups excluding carboxylic acids is 2. The molecular formula is C45H82O14P2. The van der Waals surface area contributed by atoms with Gasteiger partial charge in [-0.05, 0) is 57.3 Å². The van der Waals surface area contributed by atoms with Crippen LogP contribution in [-0.4, -0.2) is 82.6 Å². The van der Waals surface area contributed by atoms with Crippen LogP contribution in [0.4, 0.5) is 0 Å². The van der Waals surface area contributed by atoms with Crippen LogP contribution in [-0.2, 0) is 46.5 Å². The van der Waals surface area contributed by atoms with E-state index in [0.29, 0.717) is 31.5 Å². The Kier molecular flexibility index (Phi) is 34.4. The molecule has 356 valence electrons. The molecule has 16 heteroatoms. The Balaban J connectivity index is 2.37. The fourth-order valence-electron chi connectivity index (χ4n) is 6.45. The molecule has 1 saturated heterocycles. The van der Waals surface area contributed by atoms with Gasteiger partial charge in [-0.25, -0.2) is 9.13 Å². The third kappa shape index (κ3) is 38.5. The van der Waals surface area contributed by atoms with E-state index in [2.05, 4.69) is 54.1 Å². The van der Waals surface area contributed by atoms with Crippen LogP contribution in [0.5, 0.6) is 0 Å². The van der Waals surface area contributed by atoms with Gasteiger partial charge in [0.1, 0.15) is 12.7 Å². The van der Waals surface area contributed by atoms with Crippen molar-refractivity contribution in [3.05, 3.63) is 36.5 Å². The minimum absolute atomic E-state index is 0.115. The number of rotatable bonds is 42. The second-order valence-corrected chi connectivity index (χ2v) is 19.2. The lowest BCUT2D eigenvalue weighted by Gasteiger charge is -2.20. The Labute approximate surface area is 367 Å². The molecule has 0 bridgehead atoms. The van der Waals surface area contributed by atoms with Crippen molar-refractivity contribution in [3.63, 3.8) is 0 Å². The monoisotopic (exact) mass is 909 g/mol. The molecule has 14 nitrogen and oxygen atoms in total. The third-order valence-electron chi connectivity index (χ3n) is 10.1. The van der Waals surface area contributed by atoms with Crippen molar-refractivity contribution in [1.82, 2.24) is 0 Å². The van der Waals surface area contributed by atoms with Crippen LogP contribution in [0, 0.1) is 5.92 Å². The number of ether oxygens (including phenoxy) is 3. The lowest BCUT2D eigenvalue weighted by atomic mass is 10.0. The number of allylic oxidation sites excluding steroid dienone is 4. The summed E-state index contributed by atoms with van der Waals surface area (Å²) < 4.78 is 53.5. The van der Waals surface area contributed by atoms with E-state index >= 15 is 0 Å². The molecular weight excluding hydrogens is 826 g/mol. The molecule has 3 unspecified atom stereocenters. The standard InChI is InChI=1S/C45H82O14P2/c1-4-5-6-7-21-26-31-42-43(59-42)32-27-22-17-15-19-23-28-33-44(47)54-37-41(38-57-61(52,53)56-36-40(46)35-55-60(49,50)51)58-45(48)34-29-24-18-14-12-10-8-9-11-13-16-20-25-30-39(2)3/h15,19,21-22,26-27,39-43,46H,4-14,16-18,20,23-25,28-38H2,1-3H3,(H,52,53)(H2,49,50,51)/b19-15-,26-21-,27-22-/t40-,41+,42?,43?/m0/s1. The van der Waals surface area contributed by atoms with E-state index in [1.54, 1.807) is 0 Å². The van der Waals surface area contributed by atoms with Crippen LogP contribution in [0.2, 0.25) is 0 Å². The van der Waals surface area contributed by atoms with Crippen LogP contribution in [0.25, 0.3) is 0 Å². The molecule has 0 aromatic heterocycles. The van der Waals surface area contributed by atoms with Crippen LogP contribution in [0.3, 0.4) is 0 Å². The van der Waals surface area contributed by atoms with E-state index in [0.717, 1.165) is 50.9 Å². The molecule has 1 aliphatic heterocycles. The third-order valence-corrected chi connectivity index (χ3v) is 11.5. The first kappa shape index (κ1) is 57.3. The van der Waals surface area contributed by atoms with Crippen LogP contribution < -0.4 is 0 Å². The highest BCUT2D eigenvalue weighted by Gasteiger charge is 2.36. The van der Waals surface area contributed by atoms with Gasteiger partial charge < -0.3 is 34.0 Å². The van der Waals surface area contributed by atoms with Crippen molar-refractivity contribution in [2.45, 2.75) is 206 Å². The summed E-state index contributed by atoms with van der Waals surface area (Å²) in [7, 11) is -9.69. The molecule has 61 heavy (non-hydrogen) atoms. The summed E-state index contributed by atoms with van der Waals surface area (Å²) in [4.78, 5) is 52.8. The second-order valence-electron chi connectivity index (χ2n) is 16.5. The summed E-state index contributed by atoms with van der Waals surface area (Å²) in [5, 5.41) is 9.76. The van der Waals surface area contributed by atoms with E-state index in [1.165, 1.54) is 83.5 Å². The maximum Gasteiger partial charge on any atom is 0.472 e. The fraction of sp³-hybridized carbons (Fsp3) is 0.822. The molecule has 0 amide bonds. The summed E-state index contributed by atoms with van der Waals surface area (Å²) in [6.45, 7) is 4.00. The Hall–Kier alpha value is -1.70. The highest BCUT2D eigenvalue weighted by Crippen LogP contribution is 2.44. The first-order chi connectivity index (χ1) is 29.2. The average Bonchev–Trinajstić information content (AvgIpc) is 3.96. The second kappa shape index (κ2) is 36.6. The number of hydrogen-bond acceptors (Lipinski definition) is 11. The first-order valence-electron chi connectivity index (χ1n) is 23.2. The van der Waals surface area contributed by atoms with Crippen molar-refractivity contribution in [3.8, 4) is 0 Å².